The molecule has 0 heterocycles. The molecule has 1 unspecified atom stereocenters. The molecule has 0 aromatic heterocycles. The number of nitrogens with one attached hydrogen (secondary N) is 2. The van der Waals surface area contributed by atoms with E-state index in [0.29, 0.717) is 17.1 Å². The maximum atomic E-state index is 13.3. The van der Waals surface area contributed by atoms with Gasteiger partial charge in [0.05, 0.1) is 23.8 Å². The van der Waals surface area contributed by atoms with Gasteiger partial charge in [0.15, 0.2) is 0 Å². The highest BCUT2D eigenvalue weighted by molar-refractivity contribution is 8.00. The highest BCUT2D eigenvalue weighted by atomic mass is 32.2. The number of hydrogen-bond donors (Lipinski definition) is 4. The summed E-state index contributed by atoms with van der Waals surface area (Å²) in [7, 11) is 1.55. The van der Waals surface area contributed by atoms with Crippen LogP contribution < -0.4 is 15.4 Å². The molecule has 1 atom stereocenters. The molecule has 0 saturated carbocycles. The molecular formula is C30H24N2O7S. The first-order valence-corrected chi connectivity index (χ1v) is 12.8. The number of thioether (sulfide) groups is 1. The minimum absolute atomic E-state index is 0.172. The Hall–Kier alpha value is -5.09. The standard InChI is InChI=1S/C30H24N2O7S/c1-39-22-9-5-8-21(17-22)32-28(34)26(18-6-3-2-4-7-18)40-23-13-11-20(12-14-23)31-27(33)24-15-10-19(29(35)36)16-25(24)30(37)38/h2-17,26H,1H3,(H,31,33)(H,32,34)(H,35,36)(H,37,38). The molecule has 0 aliphatic heterocycles. The fourth-order valence-electron chi connectivity index (χ4n) is 3.81. The third kappa shape index (κ3) is 6.86. The molecule has 0 bridgehead atoms. The average Bonchev–Trinajstić information content (AvgIpc) is 2.96. The highest BCUT2D eigenvalue weighted by Gasteiger charge is 2.23. The van der Waals surface area contributed by atoms with E-state index < -0.39 is 28.7 Å². The summed E-state index contributed by atoms with van der Waals surface area (Å²) < 4.78 is 5.24. The van der Waals surface area contributed by atoms with Crippen LogP contribution in [0.2, 0.25) is 0 Å². The van der Waals surface area contributed by atoms with Crippen molar-refractivity contribution in [1.29, 1.82) is 0 Å². The molecule has 0 saturated heterocycles. The van der Waals surface area contributed by atoms with Crippen molar-refractivity contribution in [2.24, 2.45) is 0 Å². The first-order valence-electron chi connectivity index (χ1n) is 11.9. The monoisotopic (exact) mass is 556 g/mol. The van der Waals surface area contributed by atoms with Gasteiger partial charge in [-0.05, 0) is 60.2 Å². The number of anilines is 2. The maximum Gasteiger partial charge on any atom is 0.336 e. The molecule has 0 fully saturated rings. The van der Waals surface area contributed by atoms with E-state index in [-0.39, 0.29) is 17.0 Å². The second-order valence-electron chi connectivity index (χ2n) is 8.48. The van der Waals surface area contributed by atoms with E-state index in [9.17, 15) is 24.3 Å². The Morgan fingerprint density at radius 2 is 1.45 bits per heavy atom. The SMILES string of the molecule is COc1cccc(NC(=O)C(Sc2ccc(NC(=O)c3ccc(C(=O)O)cc3C(=O)O)cc2)c2ccccc2)c1. The zero-order valence-corrected chi connectivity index (χ0v) is 22.0. The van der Waals surface area contributed by atoms with E-state index in [4.69, 9.17) is 9.84 Å². The number of ether oxygens (including phenoxy) is 1. The zero-order chi connectivity index (χ0) is 28.6. The van der Waals surface area contributed by atoms with Crippen LogP contribution in [0.15, 0.2) is 102 Å². The lowest BCUT2D eigenvalue weighted by atomic mass is 10.0. The third-order valence-corrected chi connectivity index (χ3v) is 7.05. The quantitative estimate of drug-likeness (QED) is 0.179. The molecule has 4 aromatic carbocycles. The van der Waals surface area contributed by atoms with Gasteiger partial charge in [-0.1, -0.05) is 36.4 Å². The predicted octanol–water partition coefficient (Wildman–Crippen LogP) is 5.82. The largest absolute Gasteiger partial charge is 0.497 e. The predicted molar refractivity (Wildman–Crippen MR) is 151 cm³/mol. The van der Waals surface area contributed by atoms with Crippen molar-refractivity contribution >= 4 is 46.9 Å². The van der Waals surface area contributed by atoms with Gasteiger partial charge in [0.2, 0.25) is 5.91 Å². The fourth-order valence-corrected chi connectivity index (χ4v) is 4.84. The topological polar surface area (TPSA) is 142 Å². The Balaban J connectivity index is 1.51. The van der Waals surface area contributed by atoms with Gasteiger partial charge < -0.3 is 25.6 Å². The number of carbonyl (C=O) groups is 4. The number of amides is 2. The average molecular weight is 557 g/mol. The first kappa shape index (κ1) is 27.9. The number of carboxylic acids is 2. The van der Waals surface area contributed by atoms with Crippen molar-refractivity contribution in [3.8, 4) is 5.75 Å². The number of rotatable bonds is 10. The van der Waals surface area contributed by atoms with Gasteiger partial charge in [-0.15, -0.1) is 11.8 Å². The first-order chi connectivity index (χ1) is 19.2. The molecule has 0 spiro atoms. The summed E-state index contributed by atoms with van der Waals surface area (Å²) >= 11 is 1.32. The smallest absolute Gasteiger partial charge is 0.336 e. The van der Waals surface area contributed by atoms with Gasteiger partial charge in [-0.25, -0.2) is 9.59 Å². The molecule has 40 heavy (non-hydrogen) atoms. The van der Waals surface area contributed by atoms with Gasteiger partial charge in [0, 0.05) is 22.3 Å². The minimum atomic E-state index is -1.42. The Kier molecular flexibility index (Phi) is 8.82. The van der Waals surface area contributed by atoms with Crippen molar-refractivity contribution in [3.63, 3.8) is 0 Å². The summed E-state index contributed by atoms with van der Waals surface area (Å²) in [6.07, 6.45) is 0. The van der Waals surface area contributed by atoms with Gasteiger partial charge in [0.25, 0.3) is 5.91 Å². The Morgan fingerprint density at radius 1 is 0.725 bits per heavy atom. The summed E-state index contributed by atoms with van der Waals surface area (Å²) in [6.45, 7) is 0. The molecular weight excluding hydrogens is 532 g/mol. The molecule has 0 aliphatic carbocycles. The van der Waals surface area contributed by atoms with Gasteiger partial charge in [-0.2, -0.15) is 0 Å². The van der Waals surface area contributed by atoms with Crippen LogP contribution in [0.1, 0.15) is 41.9 Å². The summed E-state index contributed by atoms with van der Waals surface area (Å²) in [5.41, 5.74) is 0.966. The Labute approximate surface area is 233 Å². The minimum Gasteiger partial charge on any atom is -0.497 e. The van der Waals surface area contributed by atoms with Crippen LogP contribution in [0, 0.1) is 0 Å². The second-order valence-corrected chi connectivity index (χ2v) is 9.66. The van der Waals surface area contributed by atoms with Gasteiger partial charge in [-0.3, -0.25) is 9.59 Å². The molecule has 4 aromatic rings. The summed E-state index contributed by atoms with van der Waals surface area (Å²) in [4.78, 5) is 49.7. The van der Waals surface area contributed by atoms with Crippen molar-refractivity contribution < 1.29 is 34.1 Å². The van der Waals surface area contributed by atoms with Crippen LogP contribution in [-0.2, 0) is 4.79 Å². The lowest BCUT2D eigenvalue weighted by Gasteiger charge is -2.18. The van der Waals surface area contributed by atoms with E-state index in [1.54, 1.807) is 55.6 Å². The van der Waals surface area contributed by atoms with Gasteiger partial charge >= 0.3 is 11.9 Å². The van der Waals surface area contributed by atoms with Crippen molar-refractivity contribution in [3.05, 3.63) is 119 Å². The van der Waals surface area contributed by atoms with E-state index in [1.165, 1.54) is 17.8 Å². The van der Waals surface area contributed by atoms with E-state index in [1.807, 2.05) is 30.3 Å². The number of methoxy groups -OCH3 is 1. The van der Waals surface area contributed by atoms with Crippen molar-refractivity contribution in [2.45, 2.75) is 10.1 Å². The Bertz CT molecular complexity index is 1560. The van der Waals surface area contributed by atoms with Crippen molar-refractivity contribution in [2.75, 3.05) is 17.7 Å². The molecule has 9 nitrogen and oxygen atoms in total. The fraction of sp³-hybridized carbons (Fsp3) is 0.0667. The summed E-state index contributed by atoms with van der Waals surface area (Å²) in [5.74, 6) is -3.03. The van der Waals surface area contributed by atoms with Crippen LogP contribution in [0.25, 0.3) is 0 Å². The molecule has 0 radical (unpaired) electrons. The van der Waals surface area contributed by atoms with Crippen LogP contribution in [0.3, 0.4) is 0 Å². The van der Waals surface area contributed by atoms with Crippen LogP contribution in [0.5, 0.6) is 5.75 Å². The molecule has 4 rings (SSSR count). The summed E-state index contributed by atoms with van der Waals surface area (Å²) in [6, 6.07) is 26.4. The molecule has 4 N–H and O–H groups in total. The maximum absolute atomic E-state index is 13.3. The molecule has 10 heteroatoms. The van der Waals surface area contributed by atoms with E-state index in [2.05, 4.69) is 10.6 Å². The van der Waals surface area contributed by atoms with Crippen LogP contribution in [-0.4, -0.2) is 41.1 Å². The number of carbonyl (C=O) groups excluding carboxylic acids is 2. The van der Waals surface area contributed by atoms with E-state index in [0.717, 1.165) is 22.6 Å². The third-order valence-electron chi connectivity index (χ3n) is 5.79. The summed E-state index contributed by atoms with van der Waals surface area (Å²) in [5, 5.41) is 23.6. The number of carboxylic acid groups (broad SMARTS) is 2. The molecule has 2 amide bonds. The van der Waals surface area contributed by atoms with Gasteiger partial charge in [0.1, 0.15) is 11.0 Å². The molecule has 0 aliphatic rings. The number of aromatic carboxylic acids is 2. The van der Waals surface area contributed by atoms with Crippen LogP contribution in [0.4, 0.5) is 11.4 Å². The van der Waals surface area contributed by atoms with E-state index >= 15 is 0 Å². The zero-order valence-electron chi connectivity index (χ0n) is 21.2. The van der Waals surface area contributed by atoms with Crippen molar-refractivity contribution in [1.82, 2.24) is 0 Å². The second kappa shape index (κ2) is 12.6. The lowest BCUT2D eigenvalue weighted by Crippen LogP contribution is -2.19. The Morgan fingerprint density at radius 3 is 2.10 bits per heavy atom. The molecule has 202 valence electrons. The number of benzene rings is 4. The highest BCUT2D eigenvalue weighted by Crippen LogP contribution is 2.37. The lowest BCUT2D eigenvalue weighted by molar-refractivity contribution is -0.115. The number of hydrogen-bond acceptors (Lipinski definition) is 6. The van der Waals surface area contributed by atoms with Crippen LogP contribution >= 0.6 is 11.8 Å². The normalized spacial score (nSPS) is 11.2.